The zero-order valence-corrected chi connectivity index (χ0v) is 9.65. The summed E-state index contributed by atoms with van der Waals surface area (Å²) < 4.78 is 5.00. The first kappa shape index (κ1) is 14.4. The molecule has 0 saturated carbocycles. The molecule has 0 bridgehead atoms. The van der Waals surface area contributed by atoms with Crippen molar-refractivity contribution < 1.29 is 24.2 Å². The highest BCUT2D eigenvalue weighted by Gasteiger charge is 2.21. The van der Waals surface area contributed by atoms with Gasteiger partial charge in [0.2, 0.25) is 6.41 Å². The Labute approximate surface area is 94.0 Å². The van der Waals surface area contributed by atoms with E-state index in [0.29, 0.717) is 6.41 Å². The first-order chi connectivity index (χ1) is 7.26. The fourth-order valence-electron chi connectivity index (χ4n) is 1.01. The maximum absolute atomic E-state index is 11.3. The molecule has 0 aromatic rings. The van der Waals surface area contributed by atoms with Crippen molar-refractivity contribution in [2.24, 2.45) is 0 Å². The minimum absolute atomic E-state index is 0.0169. The second-order valence-corrected chi connectivity index (χ2v) is 4.30. The molecule has 1 atom stereocenters. The quantitative estimate of drug-likeness (QED) is 0.507. The van der Waals surface area contributed by atoms with Crippen LogP contribution in [0.4, 0.5) is 0 Å². The molecule has 92 valence electrons. The van der Waals surface area contributed by atoms with Gasteiger partial charge in [0.05, 0.1) is 0 Å². The van der Waals surface area contributed by atoms with E-state index in [1.165, 1.54) is 0 Å². The number of carbonyl (C=O) groups excluding carboxylic acids is 2. The van der Waals surface area contributed by atoms with Crippen LogP contribution < -0.4 is 5.32 Å². The predicted octanol–water partition coefficient (Wildman–Crippen LogP) is 0.307. The van der Waals surface area contributed by atoms with Crippen LogP contribution in [0, 0.1) is 0 Å². The van der Waals surface area contributed by atoms with Crippen LogP contribution in [0.5, 0.6) is 0 Å². The highest BCUT2D eigenvalue weighted by Crippen LogP contribution is 2.09. The summed E-state index contributed by atoms with van der Waals surface area (Å²) in [5.41, 5.74) is -0.589. The van der Waals surface area contributed by atoms with Crippen molar-refractivity contribution in [3.63, 3.8) is 0 Å². The molecule has 6 heteroatoms. The topological polar surface area (TPSA) is 92.7 Å². The van der Waals surface area contributed by atoms with E-state index in [1.807, 2.05) is 0 Å². The van der Waals surface area contributed by atoms with Crippen LogP contribution in [0.25, 0.3) is 0 Å². The molecule has 0 aliphatic carbocycles. The minimum atomic E-state index is -1.17. The summed E-state index contributed by atoms with van der Waals surface area (Å²) >= 11 is 0. The molecule has 6 nitrogen and oxygen atoms in total. The van der Waals surface area contributed by atoms with Gasteiger partial charge in [-0.3, -0.25) is 9.59 Å². The van der Waals surface area contributed by atoms with E-state index >= 15 is 0 Å². The Morgan fingerprint density at radius 1 is 1.44 bits per heavy atom. The number of carboxylic acids is 1. The highest BCUT2D eigenvalue weighted by molar-refractivity contribution is 5.77. The molecular formula is C10H17NO5. The molecule has 0 fully saturated rings. The van der Waals surface area contributed by atoms with Crippen LogP contribution in [-0.2, 0) is 19.1 Å². The number of hydrogen-bond donors (Lipinski definition) is 2. The van der Waals surface area contributed by atoms with Crippen molar-refractivity contribution in [1.82, 2.24) is 5.32 Å². The lowest BCUT2D eigenvalue weighted by molar-refractivity contribution is -0.155. The Kier molecular flexibility index (Phi) is 5.49. The Balaban J connectivity index is 4.06. The van der Waals surface area contributed by atoms with Crippen LogP contribution in [0.15, 0.2) is 0 Å². The van der Waals surface area contributed by atoms with Gasteiger partial charge in [-0.25, -0.2) is 4.79 Å². The molecule has 0 aromatic carbocycles. The number of carboxylic acid groups (broad SMARTS) is 1. The summed E-state index contributed by atoms with van der Waals surface area (Å²) in [5, 5.41) is 10.8. The number of nitrogens with one attached hydrogen (secondary N) is 1. The van der Waals surface area contributed by atoms with E-state index in [9.17, 15) is 14.4 Å². The SMILES string of the molecule is CC(C)(C)OC(=O)CC[C@H](NC=O)C(=O)O. The molecule has 0 heterocycles. The Bertz CT molecular complexity index is 269. The van der Waals surface area contributed by atoms with Gasteiger partial charge in [-0.05, 0) is 27.2 Å². The van der Waals surface area contributed by atoms with Crippen LogP contribution >= 0.6 is 0 Å². The minimum Gasteiger partial charge on any atom is -0.480 e. The largest absolute Gasteiger partial charge is 0.480 e. The molecule has 0 rings (SSSR count). The number of rotatable bonds is 6. The van der Waals surface area contributed by atoms with Crippen molar-refractivity contribution in [2.45, 2.75) is 45.3 Å². The molecule has 0 radical (unpaired) electrons. The van der Waals surface area contributed by atoms with Gasteiger partial charge in [-0.15, -0.1) is 0 Å². The second kappa shape index (κ2) is 6.09. The zero-order valence-electron chi connectivity index (χ0n) is 9.65. The van der Waals surface area contributed by atoms with Gasteiger partial charge in [0.1, 0.15) is 11.6 Å². The van der Waals surface area contributed by atoms with Crippen LogP contribution in [0.2, 0.25) is 0 Å². The second-order valence-electron chi connectivity index (χ2n) is 4.30. The average molecular weight is 231 g/mol. The summed E-state index contributed by atoms with van der Waals surface area (Å²) in [6.07, 6.45) is 0.270. The number of ether oxygens (including phenoxy) is 1. The molecule has 0 spiro atoms. The van der Waals surface area contributed by atoms with Crippen molar-refractivity contribution in [3.05, 3.63) is 0 Å². The van der Waals surface area contributed by atoms with E-state index in [0.717, 1.165) is 0 Å². The lowest BCUT2D eigenvalue weighted by atomic mass is 10.1. The van der Waals surface area contributed by atoms with Crippen LogP contribution in [0.3, 0.4) is 0 Å². The lowest BCUT2D eigenvalue weighted by Crippen LogP contribution is -2.36. The van der Waals surface area contributed by atoms with Crippen molar-refractivity contribution in [1.29, 1.82) is 0 Å². The fraction of sp³-hybridized carbons (Fsp3) is 0.700. The number of esters is 1. The highest BCUT2D eigenvalue weighted by atomic mass is 16.6. The van der Waals surface area contributed by atoms with E-state index in [4.69, 9.17) is 9.84 Å². The summed E-state index contributed by atoms with van der Waals surface area (Å²) in [6.45, 7) is 5.18. The van der Waals surface area contributed by atoms with E-state index < -0.39 is 23.6 Å². The van der Waals surface area contributed by atoms with E-state index in [2.05, 4.69) is 5.32 Å². The van der Waals surface area contributed by atoms with Gasteiger partial charge in [0, 0.05) is 6.42 Å². The first-order valence-corrected chi connectivity index (χ1v) is 4.90. The van der Waals surface area contributed by atoms with Crippen LogP contribution in [-0.4, -0.2) is 35.1 Å². The summed E-state index contributed by atoms with van der Waals surface area (Å²) in [6, 6.07) is -1.05. The third-order valence-electron chi connectivity index (χ3n) is 1.62. The Hall–Kier alpha value is -1.59. The number of aliphatic carboxylic acids is 1. The Morgan fingerprint density at radius 3 is 2.38 bits per heavy atom. The van der Waals surface area contributed by atoms with Gasteiger partial charge >= 0.3 is 11.9 Å². The molecule has 16 heavy (non-hydrogen) atoms. The third-order valence-corrected chi connectivity index (χ3v) is 1.62. The fourth-order valence-corrected chi connectivity index (χ4v) is 1.01. The van der Waals surface area contributed by atoms with Crippen molar-refractivity contribution in [3.8, 4) is 0 Å². The standard InChI is InChI=1S/C10H17NO5/c1-10(2,3)16-8(13)5-4-7(9(14)15)11-6-12/h6-7H,4-5H2,1-3H3,(H,11,12)(H,14,15)/t7-/m0/s1. The normalized spacial score (nSPS) is 12.7. The van der Waals surface area contributed by atoms with Gasteiger partial charge in [-0.2, -0.15) is 0 Å². The number of amides is 1. The monoisotopic (exact) mass is 231 g/mol. The number of carbonyl (C=O) groups is 3. The van der Waals surface area contributed by atoms with E-state index in [-0.39, 0.29) is 12.8 Å². The van der Waals surface area contributed by atoms with Gasteiger partial charge in [0.25, 0.3) is 0 Å². The molecule has 0 saturated heterocycles. The van der Waals surface area contributed by atoms with Crippen molar-refractivity contribution >= 4 is 18.3 Å². The van der Waals surface area contributed by atoms with Gasteiger partial charge in [0.15, 0.2) is 0 Å². The maximum atomic E-state index is 11.3. The van der Waals surface area contributed by atoms with Crippen LogP contribution in [0.1, 0.15) is 33.6 Å². The van der Waals surface area contributed by atoms with Gasteiger partial charge in [-0.1, -0.05) is 0 Å². The van der Waals surface area contributed by atoms with Crippen molar-refractivity contribution in [2.75, 3.05) is 0 Å². The van der Waals surface area contributed by atoms with Gasteiger partial charge < -0.3 is 15.2 Å². The molecule has 0 aromatic heterocycles. The summed E-state index contributed by atoms with van der Waals surface area (Å²) in [5.74, 6) is -1.65. The number of hydrogen-bond acceptors (Lipinski definition) is 4. The molecule has 0 unspecified atom stereocenters. The predicted molar refractivity (Wildman–Crippen MR) is 55.7 cm³/mol. The molecule has 1 amide bonds. The molecule has 0 aliphatic heterocycles. The zero-order chi connectivity index (χ0) is 12.8. The summed E-state index contributed by atoms with van der Waals surface area (Å²) in [4.78, 5) is 32.0. The maximum Gasteiger partial charge on any atom is 0.326 e. The first-order valence-electron chi connectivity index (χ1n) is 4.90. The Morgan fingerprint density at radius 2 is 2.00 bits per heavy atom. The molecular weight excluding hydrogens is 214 g/mol. The lowest BCUT2D eigenvalue weighted by Gasteiger charge is -2.20. The summed E-state index contributed by atoms with van der Waals surface area (Å²) in [7, 11) is 0. The third kappa shape index (κ3) is 6.80. The smallest absolute Gasteiger partial charge is 0.326 e. The average Bonchev–Trinajstić information content (AvgIpc) is 2.08. The van der Waals surface area contributed by atoms with E-state index in [1.54, 1.807) is 20.8 Å². The molecule has 0 aliphatic rings. The molecule has 2 N–H and O–H groups in total.